The van der Waals surface area contributed by atoms with Crippen LogP contribution >= 0.6 is 11.3 Å². The van der Waals surface area contributed by atoms with Crippen LogP contribution in [0.15, 0.2) is 121 Å². The Bertz CT molecular complexity index is 2360. The molecule has 0 fully saturated rings. The minimum absolute atomic E-state index is 0.0981. The first-order chi connectivity index (χ1) is 22.6. The molecule has 2 heterocycles. The van der Waals surface area contributed by atoms with E-state index in [9.17, 15) is 0 Å². The maximum atomic E-state index is 7.61. The zero-order valence-electron chi connectivity index (χ0n) is 26.3. The molecular weight excluding hydrogens is 581 g/mol. The summed E-state index contributed by atoms with van der Waals surface area (Å²) in [6.45, 7) is 4.67. The molecule has 0 amide bonds. The van der Waals surface area contributed by atoms with Gasteiger partial charge in [-0.05, 0) is 83.0 Å². The molecule has 0 bridgehead atoms. The minimum atomic E-state index is -0.817. The predicted octanol–water partition coefficient (Wildman–Crippen LogP) is 11.7. The SMILES string of the molecule is CCC1(CC)c2ccccc2-c2c1c1c(c3cc(OC)ccc23)OC(c2ccccc2)(c2ccc3sc4ccccc4c3c2)C=C1. The molecule has 1 aliphatic heterocycles. The van der Waals surface area contributed by atoms with Crippen LogP contribution in [-0.2, 0) is 11.0 Å². The van der Waals surface area contributed by atoms with Gasteiger partial charge in [0, 0.05) is 47.7 Å². The molecular formula is C43H34O2S. The predicted molar refractivity (Wildman–Crippen MR) is 194 cm³/mol. The lowest BCUT2D eigenvalue weighted by molar-refractivity contribution is 0.163. The Labute approximate surface area is 273 Å². The van der Waals surface area contributed by atoms with Crippen LogP contribution in [-0.4, -0.2) is 7.11 Å². The van der Waals surface area contributed by atoms with E-state index in [1.165, 1.54) is 53.4 Å². The summed E-state index contributed by atoms with van der Waals surface area (Å²) < 4.78 is 16.0. The van der Waals surface area contributed by atoms with Gasteiger partial charge in [0.25, 0.3) is 0 Å². The van der Waals surface area contributed by atoms with Gasteiger partial charge in [0.05, 0.1) is 7.11 Å². The van der Waals surface area contributed by atoms with Crippen molar-refractivity contribution in [3.8, 4) is 22.6 Å². The van der Waals surface area contributed by atoms with Gasteiger partial charge in [-0.1, -0.05) is 98.8 Å². The van der Waals surface area contributed by atoms with Gasteiger partial charge >= 0.3 is 0 Å². The number of benzene rings is 6. The third-order valence-corrected chi connectivity index (χ3v) is 11.8. The second kappa shape index (κ2) is 10.1. The minimum Gasteiger partial charge on any atom is -0.497 e. The average Bonchev–Trinajstić information content (AvgIpc) is 3.65. The van der Waals surface area contributed by atoms with E-state index < -0.39 is 5.60 Å². The largest absolute Gasteiger partial charge is 0.497 e. The van der Waals surface area contributed by atoms with E-state index in [1.807, 2.05) is 11.3 Å². The summed E-state index contributed by atoms with van der Waals surface area (Å²) in [7, 11) is 1.74. The van der Waals surface area contributed by atoms with E-state index in [0.29, 0.717) is 0 Å². The fraction of sp³-hybridized carbons (Fsp3) is 0.163. The van der Waals surface area contributed by atoms with Gasteiger partial charge in [0.1, 0.15) is 11.5 Å². The molecule has 1 atom stereocenters. The second-order valence-electron chi connectivity index (χ2n) is 12.6. The van der Waals surface area contributed by atoms with E-state index in [-0.39, 0.29) is 5.41 Å². The first kappa shape index (κ1) is 27.5. The molecule has 224 valence electrons. The third-order valence-electron chi connectivity index (χ3n) is 10.7. The Morgan fingerprint density at radius 1 is 0.674 bits per heavy atom. The number of hydrogen-bond donors (Lipinski definition) is 0. The van der Waals surface area contributed by atoms with E-state index in [1.54, 1.807) is 7.11 Å². The number of rotatable bonds is 5. The van der Waals surface area contributed by atoms with Crippen LogP contribution in [0.3, 0.4) is 0 Å². The van der Waals surface area contributed by atoms with Crippen LogP contribution in [0.1, 0.15) is 54.5 Å². The quantitative estimate of drug-likeness (QED) is 0.192. The molecule has 0 N–H and O–H groups in total. The molecule has 6 aromatic carbocycles. The van der Waals surface area contributed by atoms with Gasteiger partial charge in [0.15, 0.2) is 5.60 Å². The number of ether oxygens (including phenoxy) is 2. The average molecular weight is 615 g/mol. The fourth-order valence-electron chi connectivity index (χ4n) is 8.38. The Morgan fingerprint density at radius 2 is 1.43 bits per heavy atom. The van der Waals surface area contributed by atoms with Crippen molar-refractivity contribution in [2.24, 2.45) is 0 Å². The maximum Gasteiger partial charge on any atom is 0.178 e. The van der Waals surface area contributed by atoms with Crippen LogP contribution < -0.4 is 9.47 Å². The van der Waals surface area contributed by atoms with Gasteiger partial charge in [-0.2, -0.15) is 0 Å². The molecule has 1 aromatic heterocycles. The highest BCUT2D eigenvalue weighted by atomic mass is 32.1. The molecule has 1 unspecified atom stereocenters. The summed E-state index contributed by atoms with van der Waals surface area (Å²) in [6, 6.07) is 41.8. The summed E-state index contributed by atoms with van der Waals surface area (Å²) in [6.07, 6.45) is 6.71. The van der Waals surface area contributed by atoms with Crippen molar-refractivity contribution in [1.82, 2.24) is 0 Å². The molecule has 9 rings (SSSR count). The highest BCUT2D eigenvalue weighted by Gasteiger charge is 2.46. The smallest absolute Gasteiger partial charge is 0.178 e. The van der Waals surface area contributed by atoms with Crippen molar-refractivity contribution in [2.75, 3.05) is 7.11 Å². The van der Waals surface area contributed by atoms with Crippen molar-refractivity contribution in [3.63, 3.8) is 0 Å². The number of thiophene rings is 1. The summed E-state index contributed by atoms with van der Waals surface area (Å²) in [4.78, 5) is 0. The Morgan fingerprint density at radius 3 is 2.26 bits per heavy atom. The standard InChI is InChI=1S/C43H34O2S/c1-4-42(5-2)36-17-11-9-16-32(36)39-31-21-20-29(44-3)26-35(31)41-33(40(39)42)23-24-43(45-41,27-13-7-6-8-14-27)28-19-22-38-34(25-28)30-15-10-12-18-37(30)46-38/h6-26H,4-5H2,1-3H3. The Balaban J connectivity index is 1.38. The maximum absolute atomic E-state index is 7.61. The Hall–Kier alpha value is -4.86. The van der Waals surface area contributed by atoms with Gasteiger partial charge in [0.2, 0.25) is 0 Å². The summed E-state index contributed by atoms with van der Waals surface area (Å²) in [5.41, 5.74) is 7.98. The second-order valence-corrected chi connectivity index (χ2v) is 13.7. The van der Waals surface area contributed by atoms with Crippen LogP contribution in [0, 0.1) is 0 Å². The molecule has 7 aromatic rings. The lowest BCUT2D eigenvalue weighted by Crippen LogP contribution is -2.35. The normalized spacial score (nSPS) is 17.5. The van der Waals surface area contributed by atoms with E-state index in [4.69, 9.17) is 9.47 Å². The summed E-state index contributed by atoms with van der Waals surface area (Å²) in [5.74, 6) is 1.75. The van der Waals surface area contributed by atoms with Crippen LogP contribution in [0.5, 0.6) is 11.5 Å². The lowest BCUT2D eigenvalue weighted by Gasteiger charge is -2.39. The number of methoxy groups -OCH3 is 1. The van der Waals surface area contributed by atoms with Gasteiger partial charge in [-0.25, -0.2) is 0 Å². The number of fused-ring (bicyclic) bond motifs is 11. The van der Waals surface area contributed by atoms with Crippen molar-refractivity contribution in [3.05, 3.63) is 149 Å². The molecule has 0 saturated heterocycles. The van der Waals surface area contributed by atoms with Crippen molar-refractivity contribution < 1.29 is 9.47 Å². The lowest BCUT2D eigenvalue weighted by atomic mass is 9.71. The molecule has 0 spiro atoms. The monoisotopic (exact) mass is 614 g/mol. The molecule has 2 aliphatic rings. The zero-order valence-corrected chi connectivity index (χ0v) is 27.1. The molecule has 2 nitrogen and oxygen atoms in total. The van der Waals surface area contributed by atoms with Crippen molar-refractivity contribution in [1.29, 1.82) is 0 Å². The Kier molecular flexibility index (Phi) is 6.01. The van der Waals surface area contributed by atoms with E-state index in [2.05, 4.69) is 141 Å². The molecule has 3 heteroatoms. The third kappa shape index (κ3) is 3.58. The van der Waals surface area contributed by atoms with Crippen LogP contribution in [0.2, 0.25) is 0 Å². The zero-order chi connectivity index (χ0) is 31.0. The first-order valence-corrected chi connectivity index (χ1v) is 17.1. The van der Waals surface area contributed by atoms with Crippen molar-refractivity contribution >= 4 is 48.4 Å². The van der Waals surface area contributed by atoms with Crippen LogP contribution in [0.25, 0.3) is 48.1 Å². The highest BCUT2D eigenvalue weighted by molar-refractivity contribution is 7.25. The molecule has 0 saturated carbocycles. The number of hydrogen-bond acceptors (Lipinski definition) is 3. The van der Waals surface area contributed by atoms with Crippen LogP contribution in [0.4, 0.5) is 0 Å². The first-order valence-electron chi connectivity index (χ1n) is 16.3. The van der Waals surface area contributed by atoms with E-state index >= 15 is 0 Å². The molecule has 1 aliphatic carbocycles. The molecule has 46 heavy (non-hydrogen) atoms. The highest BCUT2D eigenvalue weighted by Crippen LogP contribution is 2.60. The van der Waals surface area contributed by atoms with Gasteiger partial charge < -0.3 is 9.47 Å². The fourth-order valence-corrected chi connectivity index (χ4v) is 9.47. The van der Waals surface area contributed by atoms with Crippen molar-refractivity contribution in [2.45, 2.75) is 37.7 Å². The van der Waals surface area contributed by atoms with Gasteiger partial charge in [-0.15, -0.1) is 11.3 Å². The summed E-state index contributed by atoms with van der Waals surface area (Å²) in [5, 5.41) is 4.84. The van der Waals surface area contributed by atoms with Gasteiger partial charge in [-0.3, -0.25) is 0 Å². The molecule has 0 radical (unpaired) electrons. The van der Waals surface area contributed by atoms with E-state index in [0.717, 1.165) is 40.9 Å². The topological polar surface area (TPSA) is 18.5 Å². The summed E-state index contributed by atoms with van der Waals surface area (Å²) >= 11 is 1.85.